The van der Waals surface area contributed by atoms with Crippen LogP contribution < -0.4 is 15.8 Å². The molecule has 30 heavy (non-hydrogen) atoms. The molecule has 0 saturated carbocycles. The summed E-state index contributed by atoms with van der Waals surface area (Å²) < 4.78 is 11.3. The molecule has 1 saturated heterocycles. The molecule has 3 rings (SSSR count). The van der Waals surface area contributed by atoms with Gasteiger partial charge in [-0.2, -0.15) is 0 Å². The predicted octanol–water partition coefficient (Wildman–Crippen LogP) is 4.68. The Balaban J connectivity index is 1.47. The average Bonchev–Trinajstić information content (AvgIpc) is 3.19. The monoisotopic (exact) mass is 430 g/mol. The highest BCUT2D eigenvalue weighted by Crippen LogP contribution is 2.31. The molecule has 1 fully saturated rings. The number of hydrogen-bond acceptors (Lipinski definition) is 7. The number of nitrogens with two attached hydrogens (primary N) is 1. The van der Waals surface area contributed by atoms with E-state index in [-0.39, 0.29) is 6.09 Å². The first-order valence-corrected chi connectivity index (χ1v) is 11.0. The summed E-state index contributed by atoms with van der Waals surface area (Å²) >= 11 is 1.67. The van der Waals surface area contributed by atoms with Crippen LogP contribution in [0, 0.1) is 0 Å². The van der Waals surface area contributed by atoms with Gasteiger partial charge >= 0.3 is 6.09 Å². The van der Waals surface area contributed by atoms with Crippen molar-refractivity contribution >= 4 is 23.1 Å². The number of hydrogen-bond donors (Lipinski definition) is 2. The van der Waals surface area contributed by atoms with E-state index < -0.39 is 5.60 Å². The Bertz CT molecular complexity index is 850. The third kappa shape index (κ3) is 6.38. The zero-order valence-corrected chi connectivity index (χ0v) is 18.6. The van der Waals surface area contributed by atoms with Crippen LogP contribution in [0.5, 0.6) is 5.75 Å². The van der Waals surface area contributed by atoms with E-state index in [9.17, 15) is 4.79 Å². The van der Waals surface area contributed by atoms with Crippen LogP contribution in [0.25, 0.3) is 0 Å². The van der Waals surface area contributed by atoms with Gasteiger partial charge in [-0.05, 0) is 57.9 Å². The topological polar surface area (TPSA) is 89.7 Å². The minimum Gasteiger partial charge on any atom is -0.487 e. The number of nitrogens with zero attached hydrogens (tertiary/aromatic N) is 2. The number of ether oxygens (including phenoxy) is 2. The standard InChI is InChI=1S/C22H30N4O3S/c1-22(2,3)29-21(27)26-12-8-16(9-13-26)20-25-18(15-30-20)14-28-19-6-4-17(5-7-19)24-11-10-23/h4-7,10-11,15-16,24H,8-9,12-14,23H2,1-3H3/b11-10-. The molecule has 0 unspecified atom stereocenters. The molecule has 0 spiro atoms. The van der Waals surface area contributed by atoms with Crippen molar-refractivity contribution in [2.75, 3.05) is 18.4 Å². The summed E-state index contributed by atoms with van der Waals surface area (Å²) in [6.45, 7) is 7.50. The van der Waals surface area contributed by atoms with Crippen molar-refractivity contribution in [3.63, 3.8) is 0 Å². The van der Waals surface area contributed by atoms with Gasteiger partial charge < -0.3 is 25.4 Å². The number of amides is 1. The second kappa shape index (κ2) is 9.84. The van der Waals surface area contributed by atoms with Crippen LogP contribution in [0.1, 0.15) is 50.2 Å². The van der Waals surface area contributed by atoms with E-state index in [1.165, 1.54) is 6.20 Å². The van der Waals surface area contributed by atoms with Gasteiger partial charge in [0.25, 0.3) is 0 Å². The van der Waals surface area contributed by atoms with E-state index in [1.54, 1.807) is 22.4 Å². The second-order valence-electron chi connectivity index (χ2n) is 8.24. The van der Waals surface area contributed by atoms with Crippen LogP contribution in [0.4, 0.5) is 10.5 Å². The molecule has 1 aromatic heterocycles. The fourth-order valence-corrected chi connectivity index (χ4v) is 4.14. The summed E-state index contributed by atoms with van der Waals surface area (Å²) in [4.78, 5) is 18.8. The fourth-order valence-electron chi connectivity index (χ4n) is 3.16. The number of thiazole rings is 1. The number of carbonyl (C=O) groups is 1. The number of carbonyl (C=O) groups excluding carboxylic acids is 1. The highest BCUT2D eigenvalue weighted by Gasteiger charge is 2.28. The number of aromatic nitrogens is 1. The Morgan fingerprint density at radius 1 is 1.30 bits per heavy atom. The third-order valence-corrected chi connectivity index (χ3v) is 5.71. The minimum absolute atomic E-state index is 0.227. The molecule has 1 aliphatic heterocycles. The molecule has 1 aliphatic rings. The Labute approximate surface area is 181 Å². The van der Waals surface area contributed by atoms with Crippen molar-refractivity contribution in [3.8, 4) is 5.75 Å². The maximum Gasteiger partial charge on any atom is 0.410 e. The van der Waals surface area contributed by atoms with Crippen molar-refractivity contribution in [1.82, 2.24) is 9.88 Å². The average molecular weight is 431 g/mol. The number of piperidine rings is 1. The number of anilines is 1. The second-order valence-corrected chi connectivity index (χ2v) is 9.12. The van der Waals surface area contributed by atoms with E-state index in [4.69, 9.17) is 20.2 Å². The van der Waals surface area contributed by atoms with E-state index in [0.717, 1.165) is 35.0 Å². The lowest BCUT2D eigenvalue weighted by atomic mass is 9.98. The number of rotatable bonds is 6. The van der Waals surface area contributed by atoms with Crippen LogP contribution in [0.15, 0.2) is 42.0 Å². The Hall–Kier alpha value is -2.74. The first-order chi connectivity index (χ1) is 14.3. The van der Waals surface area contributed by atoms with Crippen LogP contribution >= 0.6 is 11.3 Å². The first kappa shape index (κ1) is 22.0. The van der Waals surface area contributed by atoms with Gasteiger partial charge in [0.05, 0.1) is 10.7 Å². The molecular formula is C22H30N4O3S. The molecule has 0 radical (unpaired) electrons. The number of nitrogens with one attached hydrogen (secondary N) is 1. The van der Waals surface area contributed by atoms with Crippen molar-refractivity contribution < 1.29 is 14.3 Å². The smallest absolute Gasteiger partial charge is 0.410 e. The van der Waals surface area contributed by atoms with E-state index in [1.807, 2.05) is 45.0 Å². The van der Waals surface area contributed by atoms with Gasteiger partial charge in [0.15, 0.2) is 0 Å². The van der Waals surface area contributed by atoms with Crippen molar-refractivity contribution in [2.24, 2.45) is 5.73 Å². The van der Waals surface area contributed by atoms with Crippen LogP contribution in [0.3, 0.4) is 0 Å². The summed E-state index contributed by atoms with van der Waals surface area (Å²) in [5.74, 6) is 1.17. The maximum atomic E-state index is 12.2. The van der Waals surface area contributed by atoms with E-state index in [2.05, 4.69) is 10.7 Å². The van der Waals surface area contributed by atoms with Crippen LogP contribution in [-0.2, 0) is 11.3 Å². The quantitative estimate of drug-likeness (QED) is 0.692. The summed E-state index contributed by atoms with van der Waals surface area (Å²) in [7, 11) is 0. The molecule has 162 valence electrons. The molecule has 0 aliphatic carbocycles. The van der Waals surface area contributed by atoms with Gasteiger partial charge in [-0.15, -0.1) is 11.3 Å². The molecular weight excluding hydrogens is 400 g/mol. The molecule has 0 atom stereocenters. The van der Waals surface area contributed by atoms with Gasteiger partial charge in [0, 0.05) is 42.5 Å². The number of likely N-dealkylation sites (tertiary alicyclic amines) is 1. The SMILES string of the molecule is CC(C)(C)OC(=O)N1CCC(c2nc(COc3ccc(N/C=C\N)cc3)cs2)CC1. The lowest BCUT2D eigenvalue weighted by Crippen LogP contribution is -2.41. The van der Waals surface area contributed by atoms with Gasteiger partial charge in [0.1, 0.15) is 18.0 Å². The van der Waals surface area contributed by atoms with Crippen LogP contribution in [0.2, 0.25) is 0 Å². The lowest BCUT2D eigenvalue weighted by molar-refractivity contribution is 0.0205. The largest absolute Gasteiger partial charge is 0.487 e. The molecule has 0 bridgehead atoms. The highest BCUT2D eigenvalue weighted by atomic mass is 32.1. The third-order valence-electron chi connectivity index (χ3n) is 4.65. The first-order valence-electron chi connectivity index (χ1n) is 10.1. The number of benzene rings is 1. The van der Waals surface area contributed by atoms with Gasteiger partial charge in [-0.25, -0.2) is 9.78 Å². The van der Waals surface area contributed by atoms with Crippen molar-refractivity contribution in [3.05, 3.63) is 52.7 Å². The van der Waals surface area contributed by atoms with Gasteiger partial charge in [0.2, 0.25) is 0 Å². The maximum absolute atomic E-state index is 12.2. The molecule has 1 amide bonds. The molecule has 8 heteroatoms. The lowest BCUT2D eigenvalue weighted by Gasteiger charge is -2.32. The summed E-state index contributed by atoms with van der Waals surface area (Å²) in [5.41, 5.74) is 6.73. The van der Waals surface area contributed by atoms with Crippen molar-refractivity contribution in [2.45, 2.75) is 51.7 Å². The summed E-state index contributed by atoms with van der Waals surface area (Å²) in [6.07, 6.45) is 4.70. The van der Waals surface area contributed by atoms with Crippen molar-refractivity contribution in [1.29, 1.82) is 0 Å². The summed E-state index contributed by atoms with van der Waals surface area (Å²) in [6, 6.07) is 7.68. The minimum atomic E-state index is -0.462. The zero-order chi connectivity index (χ0) is 21.6. The molecule has 2 aromatic rings. The Kier molecular flexibility index (Phi) is 7.20. The summed E-state index contributed by atoms with van der Waals surface area (Å²) in [5, 5.41) is 6.22. The zero-order valence-electron chi connectivity index (χ0n) is 17.8. The predicted molar refractivity (Wildman–Crippen MR) is 120 cm³/mol. The Morgan fingerprint density at radius 2 is 2.00 bits per heavy atom. The van der Waals surface area contributed by atoms with E-state index >= 15 is 0 Å². The molecule has 2 heterocycles. The Morgan fingerprint density at radius 3 is 2.63 bits per heavy atom. The van der Waals surface area contributed by atoms with Gasteiger partial charge in [-0.1, -0.05) is 0 Å². The molecule has 7 nitrogen and oxygen atoms in total. The van der Waals surface area contributed by atoms with E-state index in [0.29, 0.717) is 25.6 Å². The van der Waals surface area contributed by atoms with Gasteiger partial charge in [-0.3, -0.25) is 0 Å². The highest BCUT2D eigenvalue weighted by molar-refractivity contribution is 7.09. The normalized spacial score (nSPS) is 15.4. The van der Waals surface area contributed by atoms with Crippen LogP contribution in [-0.4, -0.2) is 34.7 Å². The fraction of sp³-hybridized carbons (Fsp3) is 0.455. The molecule has 1 aromatic carbocycles. The molecule has 3 N–H and O–H groups in total.